The van der Waals surface area contributed by atoms with Crippen LogP contribution in [0.4, 0.5) is 23.8 Å². The molecule has 49 nitrogen and oxygen atoms in total. The maximum absolute atomic E-state index is 13.9. The van der Waals surface area contributed by atoms with E-state index in [1.165, 1.54) is 69.9 Å². The van der Waals surface area contributed by atoms with E-state index in [0.29, 0.717) is 93.4 Å². The molecule has 0 saturated carbocycles. The van der Waals surface area contributed by atoms with Crippen molar-refractivity contribution in [2.24, 2.45) is 22.9 Å². The van der Waals surface area contributed by atoms with Crippen molar-refractivity contribution in [3.8, 4) is 23.0 Å². The van der Waals surface area contributed by atoms with Crippen LogP contribution in [-0.4, -0.2) is 282 Å². The topological polar surface area (TPSA) is 673 Å². The summed E-state index contributed by atoms with van der Waals surface area (Å²) in [5.74, 6) is -5.18. The van der Waals surface area contributed by atoms with Crippen LogP contribution >= 0.6 is 0 Å². The fourth-order valence-corrected chi connectivity index (χ4v) is 15.9. The van der Waals surface area contributed by atoms with Gasteiger partial charge in [0.05, 0.1) is 92.1 Å². The van der Waals surface area contributed by atoms with Crippen molar-refractivity contribution >= 4 is 121 Å². The van der Waals surface area contributed by atoms with E-state index in [1.54, 1.807) is 113 Å². The van der Waals surface area contributed by atoms with Crippen LogP contribution in [0.1, 0.15) is 147 Å². The Kier molecular flexibility index (Phi) is 31.9. The van der Waals surface area contributed by atoms with Gasteiger partial charge < -0.3 is 120 Å². The van der Waals surface area contributed by atoms with Gasteiger partial charge in [0.2, 0.25) is 47.4 Å². The number of aliphatic carboxylic acids is 1. The molecule has 19 N–H and O–H groups in total. The van der Waals surface area contributed by atoms with Crippen LogP contribution in [-0.2, 0) is 80.8 Å². The zero-order chi connectivity index (χ0) is 99.5. The number of allylic oxidation sites excluding steroid dienone is 4. The summed E-state index contributed by atoms with van der Waals surface area (Å²) in [7, 11) is 4.09. The number of carboxylic acid groups (broad SMARTS) is 1. The van der Waals surface area contributed by atoms with Crippen LogP contribution in [0.3, 0.4) is 0 Å². The number of benzene rings is 4. The van der Waals surface area contributed by atoms with Crippen molar-refractivity contribution in [3.05, 3.63) is 165 Å². The summed E-state index contributed by atoms with van der Waals surface area (Å²) in [6.45, 7) is 15.6. The number of rotatable bonds is 41. The highest BCUT2D eigenvalue weighted by Crippen LogP contribution is 2.38. The van der Waals surface area contributed by atoms with Crippen LogP contribution in [0.5, 0.6) is 23.0 Å². The van der Waals surface area contributed by atoms with E-state index in [4.69, 9.17) is 75.5 Å². The van der Waals surface area contributed by atoms with Gasteiger partial charge in [0.1, 0.15) is 111 Å². The molecule has 8 amide bonds. The Morgan fingerprint density at radius 2 is 0.710 bits per heavy atom. The Bertz CT molecular complexity index is 6650. The number of hydrogen-bond acceptors (Lipinski definition) is 32. The Labute approximate surface area is 785 Å². The lowest BCUT2D eigenvalue weighted by atomic mass is 9.99. The molecule has 14 rings (SSSR count). The minimum atomic E-state index is -1.79. The van der Waals surface area contributed by atoms with Gasteiger partial charge in [-0.05, 0) is 128 Å². The third-order valence-corrected chi connectivity index (χ3v) is 22.5. The molecule has 2 aliphatic rings. The lowest BCUT2D eigenvalue weighted by Crippen LogP contribution is -2.61. The fraction of sp³-hybridized carbons (Fsp3) is 0.404. The number of carbonyl (C=O) groups excluding carboxylic acids is 8. The number of nitrogens with one attached hydrogen (secondary N) is 4. The van der Waals surface area contributed by atoms with E-state index >= 15 is 0 Å². The number of methoxy groups -OCH3 is 3. The van der Waals surface area contributed by atoms with Gasteiger partial charge in [-0.2, -0.15) is 20.4 Å². The molecule has 2 saturated heterocycles. The molecule has 12 aromatic rings. The maximum atomic E-state index is 13.9. The van der Waals surface area contributed by atoms with Gasteiger partial charge in [0.15, 0.2) is 18.7 Å². The summed E-state index contributed by atoms with van der Waals surface area (Å²) >= 11 is 0. The van der Waals surface area contributed by atoms with Crippen LogP contribution in [0.15, 0.2) is 97.1 Å². The summed E-state index contributed by atoms with van der Waals surface area (Å²) in [5.41, 5.74) is 29.6. The normalized spacial score (nSPS) is 18.3. The molecular weight excluding hydrogens is 1810 g/mol. The van der Waals surface area contributed by atoms with Crippen molar-refractivity contribution in [2.75, 3.05) is 75.6 Å². The molecule has 2 aliphatic heterocycles. The first-order chi connectivity index (χ1) is 66.0. The fourth-order valence-electron chi connectivity index (χ4n) is 15.9. The highest BCUT2D eigenvalue weighted by atomic mass is 16.7. The third kappa shape index (κ3) is 21.8. The van der Waals surface area contributed by atoms with Gasteiger partial charge in [0, 0.05) is 94.6 Å². The first kappa shape index (κ1) is 101. The largest absolute Gasteiger partial charge is 0.494 e. The Morgan fingerprint density at radius 1 is 0.399 bits per heavy atom. The number of imidazole rings is 4. The number of hydrogen-bond donors (Lipinski definition) is 15. The minimum Gasteiger partial charge on any atom is -0.494 e. The first-order valence-electron chi connectivity index (χ1n) is 43.8. The molecule has 0 radical (unpaired) electrons. The molecule has 10 heterocycles. The molecule has 10 atom stereocenters. The first-order valence-corrected chi connectivity index (χ1v) is 43.8. The van der Waals surface area contributed by atoms with E-state index in [1.807, 2.05) is 27.7 Å². The molecule has 0 spiro atoms. The van der Waals surface area contributed by atoms with E-state index < -0.39 is 121 Å². The van der Waals surface area contributed by atoms with Gasteiger partial charge in [-0.3, -0.25) is 78.4 Å². The number of carboxylic acids is 1. The Balaban J connectivity index is 0.000000233. The van der Waals surface area contributed by atoms with Crippen LogP contribution < -0.4 is 63.1 Å². The number of aromatic nitrogens is 16. The predicted molar refractivity (Wildman–Crippen MR) is 492 cm³/mol. The highest BCUT2D eigenvalue weighted by Gasteiger charge is 2.49. The lowest BCUT2D eigenvalue weighted by molar-refractivity contribution is -0.301. The van der Waals surface area contributed by atoms with Gasteiger partial charge in [-0.25, -0.2) is 24.7 Å². The number of anilines is 4. The monoisotopic (exact) mass is 1910 g/mol. The third-order valence-electron chi connectivity index (χ3n) is 22.5. The zero-order valence-electron chi connectivity index (χ0n) is 77.1. The van der Waals surface area contributed by atoms with Gasteiger partial charge in [-0.15, -0.1) is 0 Å². The van der Waals surface area contributed by atoms with E-state index in [2.05, 4.69) is 51.6 Å². The molecule has 0 bridgehead atoms. The number of nitrogens with two attached hydrogens (primary N) is 4. The van der Waals surface area contributed by atoms with Crippen molar-refractivity contribution in [3.63, 3.8) is 0 Å². The molecule has 0 aliphatic carbocycles. The number of nitrogens with zero attached hydrogens (tertiary/aromatic N) is 16. The molecule has 49 heteroatoms. The van der Waals surface area contributed by atoms with E-state index in [0.717, 1.165) is 0 Å². The standard InChI is InChI=1S/C45H54N12O13.C44H54N12O12/c1-7-56-28(16-22(3)52-56)40(62)50-44-48-26-18-24(38(46)60)20-30(66-5)32(26)54(44)12-9-10-13-55-33-27(49-45(55)51-41(63)29-17-23(4)53-57(29)8-2)19-25(39(47)61)21-31(33)68-14-11-15-69-37-35(59)34(58)36(42(64)65)70-43(37)67-6;1-6-55-28(15-22(3)51-55)40(63)49-43-47-26-17-24(38(45)61)19-30(65-5)33(26)53(43)11-8-9-12-54-34-27(48-44(54)50-41(64)29-16-23(4)52-56(29)7-2)18-25(39(46)62)20-31(34)66-13-10-14-67-42-37(60)36(59)35(58)32(21-57)68-42/h9-10,16-21,34-37,43,58-59H,7-8,11-15H2,1-6H3,(H2,46,60)(H2,47,61)(H,64,65)(H,48,50,62)(H,49,51,63);8-9,15-20,32,35-37,42,57-60H,6-7,10-14,21H2,1-5H3,(H2,45,61)(H2,46,62)(H,47,49,63)(H,48,50,64)/b10-9+;9-8+/t34-,35-,36-,37+,43-;32-,35-,36+,37-,42+/m01/s1. The average molecular weight is 1910 g/mol. The molecule has 734 valence electrons. The van der Waals surface area contributed by atoms with E-state index in [-0.39, 0.29) is 157 Å². The average Bonchev–Trinajstić information content (AvgIpc) is 1.62. The summed E-state index contributed by atoms with van der Waals surface area (Å²) in [6.07, 6.45) is -7.54. The van der Waals surface area contributed by atoms with Crippen LogP contribution in [0.25, 0.3) is 44.1 Å². The quantitative estimate of drug-likeness (QED) is 0.0193. The predicted octanol–water partition coefficient (Wildman–Crippen LogP) is 2.72. The number of aryl methyl sites for hydroxylation is 8. The number of aliphatic hydroxyl groups is 6. The number of carbonyl (C=O) groups is 9. The minimum absolute atomic E-state index is 0.0213. The summed E-state index contributed by atoms with van der Waals surface area (Å²) in [6, 6.07) is 18.3. The molecule has 8 aromatic heterocycles. The second kappa shape index (κ2) is 43.8. The summed E-state index contributed by atoms with van der Waals surface area (Å²) in [5, 5.41) is 99.7. The summed E-state index contributed by atoms with van der Waals surface area (Å²) < 4.78 is 64.1. The molecule has 0 unspecified atom stereocenters. The number of fused-ring (bicyclic) bond motifs is 4. The maximum Gasteiger partial charge on any atom is 0.335 e. The van der Waals surface area contributed by atoms with Gasteiger partial charge >= 0.3 is 5.97 Å². The van der Waals surface area contributed by atoms with Crippen LogP contribution in [0, 0.1) is 27.7 Å². The Hall–Kier alpha value is -14.9. The molecular formula is C89H108N24O25. The lowest BCUT2D eigenvalue weighted by Gasteiger charge is -2.40. The smallest absolute Gasteiger partial charge is 0.335 e. The number of aliphatic hydroxyl groups excluding tert-OH is 6. The molecule has 4 aromatic carbocycles. The SMILES string of the molecule is CCn1nc(C)cc1C(=O)Nc1nc2cc(C(N)=O)cc(OC)c2n1C/C=C/Cn1c(NC(=O)c2cc(C)nn2CC)nc2cc(C(N)=O)cc(OCCCO[C@H]3O[C@H](CO)[C@@H](O)[C@H](O)[C@H]3O)c21.CCn1nc(C)cc1C(=O)Nc1nc2cc(C(N)=O)cc(OC)c2n1C/C=C/Cn1c(NC(=O)c2cc(C)nn2CC)nc2cc(C(N)=O)cc(OCCCO[C@H]3[C@@H](OC)O[C@H](C(=O)O)[C@@H](O)[C@@H]3O)c21. The number of primary amides is 4. The Morgan fingerprint density at radius 3 is 1.00 bits per heavy atom. The van der Waals surface area contributed by atoms with Gasteiger partial charge in [0.25, 0.3) is 23.6 Å². The molecule has 2 fully saturated rings. The van der Waals surface area contributed by atoms with E-state index in [9.17, 15) is 78.9 Å². The highest BCUT2D eigenvalue weighted by molar-refractivity contribution is 6.08. The van der Waals surface area contributed by atoms with Crippen molar-refractivity contribution in [1.82, 2.24) is 77.3 Å². The second-order valence-electron chi connectivity index (χ2n) is 31.9. The van der Waals surface area contributed by atoms with Gasteiger partial charge in [-0.1, -0.05) is 24.3 Å². The van der Waals surface area contributed by atoms with Crippen molar-refractivity contribution < 1.29 is 122 Å². The molecule has 138 heavy (non-hydrogen) atoms. The van der Waals surface area contributed by atoms with Crippen molar-refractivity contribution in [1.29, 1.82) is 0 Å². The van der Waals surface area contributed by atoms with Crippen molar-refractivity contribution in [2.45, 2.75) is 182 Å². The number of amides is 8. The number of ether oxygens (including phenoxy) is 9. The zero-order valence-corrected chi connectivity index (χ0v) is 77.1. The summed E-state index contributed by atoms with van der Waals surface area (Å²) in [4.78, 5) is 135. The van der Waals surface area contributed by atoms with Crippen LogP contribution in [0.2, 0.25) is 0 Å². The second-order valence-corrected chi connectivity index (χ2v) is 31.9.